The van der Waals surface area contributed by atoms with E-state index < -0.39 is 0 Å². The summed E-state index contributed by atoms with van der Waals surface area (Å²) < 4.78 is 12.9. The van der Waals surface area contributed by atoms with Gasteiger partial charge in [-0.25, -0.2) is 4.98 Å². The van der Waals surface area contributed by atoms with Crippen LogP contribution in [0.5, 0.6) is 11.5 Å². The summed E-state index contributed by atoms with van der Waals surface area (Å²) in [6.07, 6.45) is 4.86. The molecule has 0 atom stereocenters. The Labute approximate surface area is 110 Å². The molecule has 1 aromatic carbocycles. The van der Waals surface area contributed by atoms with Gasteiger partial charge in [0.25, 0.3) is 0 Å². The Kier molecular flexibility index (Phi) is 3.18. The molecule has 0 spiro atoms. The highest BCUT2D eigenvalue weighted by atomic mass is 16.6. The fraction of sp³-hybridized carbons (Fsp3) is 0.286. The van der Waals surface area contributed by atoms with Crippen LogP contribution in [-0.2, 0) is 13.0 Å². The van der Waals surface area contributed by atoms with Gasteiger partial charge in [0, 0.05) is 6.54 Å². The molecule has 1 aliphatic rings. The Morgan fingerprint density at radius 3 is 2.95 bits per heavy atom. The first-order valence-corrected chi connectivity index (χ1v) is 6.20. The van der Waals surface area contributed by atoms with Crippen LogP contribution in [0.4, 0.5) is 0 Å². The van der Waals surface area contributed by atoms with Crippen LogP contribution in [0.2, 0.25) is 0 Å². The molecule has 0 unspecified atom stereocenters. The number of aryl methyl sites for hydroxylation is 2. The molecule has 1 aromatic heterocycles. The van der Waals surface area contributed by atoms with Gasteiger partial charge >= 0.3 is 0 Å². The topological polar surface area (TPSA) is 53.4 Å². The lowest BCUT2D eigenvalue weighted by Gasteiger charge is -2.18. The molecule has 0 aliphatic carbocycles. The van der Waals surface area contributed by atoms with Gasteiger partial charge in [0.1, 0.15) is 18.9 Å². The summed E-state index contributed by atoms with van der Waals surface area (Å²) in [5.74, 6) is 1.59. The summed E-state index contributed by atoms with van der Waals surface area (Å²) in [5.41, 5.74) is 1.74. The van der Waals surface area contributed by atoms with Crippen molar-refractivity contribution in [3.63, 3.8) is 0 Å². The lowest BCUT2D eigenvalue weighted by atomic mass is 10.1. The van der Waals surface area contributed by atoms with E-state index in [0.29, 0.717) is 25.5 Å². The quantitative estimate of drug-likeness (QED) is 0.783. The van der Waals surface area contributed by atoms with Gasteiger partial charge in [0.05, 0.1) is 12.5 Å². The van der Waals surface area contributed by atoms with E-state index in [1.165, 1.54) is 0 Å². The van der Waals surface area contributed by atoms with E-state index in [-0.39, 0.29) is 0 Å². The van der Waals surface area contributed by atoms with Gasteiger partial charge < -0.3 is 14.0 Å². The molecule has 98 valence electrons. The van der Waals surface area contributed by atoms with Crippen molar-refractivity contribution in [2.75, 3.05) is 13.2 Å². The highest BCUT2D eigenvalue weighted by Crippen LogP contribution is 2.30. The SMILES string of the molecule is O=Cc1cncn1CCc1ccc2c(c1)OCCO2. The van der Waals surface area contributed by atoms with Crippen molar-refractivity contribution in [3.8, 4) is 11.5 Å². The number of fused-ring (bicyclic) bond motifs is 1. The number of carbonyl (C=O) groups is 1. The number of imidazole rings is 1. The average Bonchev–Trinajstić information content (AvgIpc) is 2.92. The third-order valence-corrected chi connectivity index (χ3v) is 3.11. The van der Waals surface area contributed by atoms with E-state index >= 15 is 0 Å². The highest BCUT2D eigenvalue weighted by Gasteiger charge is 2.11. The molecule has 5 heteroatoms. The molecule has 0 N–H and O–H groups in total. The number of benzene rings is 1. The Morgan fingerprint density at radius 2 is 2.11 bits per heavy atom. The molecule has 0 fully saturated rings. The second-order valence-corrected chi connectivity index (χ2v) is 4.36. The van der Waals surface area contributed by atoms with Gasteiger partial charge in [-0.15, -0.1) is 0 Å². The lowest BCUT2D eigenvalue weighted by Crippen LogP contribution is -2.15. The maximum atomic E-state index is 10.8. The Bertz CT molecular complexity index is 592. The Morgan fingerprint density at radius 1 is 1.26 bits per heavy atom. The van der Waals surface area contributed by atoms with Gasteiger partial charge in [-0.1, -0.05) is 6.07 Å². The first kappa shape index (κ1) is 11.8. The van der Waals surface area contributed by atoms with Crippen LogP contribution in [-0.4, -0.2) is 29.1 Å². The molecule has 3 rings (SSSR count). The fourth-order valence-corrected chi connectivity index (χ4v) is 2.11. The minimum Gasteiger partial charge on any atom is -0.486 e. The average molecular weight is 258 g/mol. The Hall–Kier alpha value is -2.30. The fourth-order valence-electron chi connectivity index (χ4n) is 2.11. The molecule has 0 saturated carbocycles. The van der Waals surface area contributed by atoms with Crippen molar-refractivity contribution in [2.24, 2.45) is 0 Å². The number of hydrogen-bond acceptors (Lipinski definition) is 4. The van der Waals surface area contributed by atoms with E-state index in [0.717, 1.165) is 29.8 Å². The summed E-state index contributed by atoms with van der Waals surface area (Å²) in [7, 11) is 0. The number of ether oxygens (including phenoxy) is 2. The monoisotopic (exact) mass is 258 g/mol. The maximum Gasteiger partial charge on any atom is 0.168 e. The molecule has 1 aliphatic heterocycles. The van der Waals surface area contributed by atoms with Crippen LogP contribution >= 0.6 is 0 Å². The van der Waals surface area contributed by atoms with Gasteiger partial charge in [-0.2, -0.15) is 0 Å². The standard InChI is InChI=1S/C14H14N2O3/c17-9-12-8-15-10-16(12)4-3-11-1-2-13-14(7-11)19-6-5-18-13/h1-2,7-10H,3-6H2. The van der Waals surface area contributed by atoms with Gasteiger partial charge in [-0.05, 0) is 24.1 Å². The zero-order chi connectivity index (χ0) is 13.1. The van der Waals surface area contributed by atoms with Gasteiger partial charge in [0.15, 0.2) is 17.8 Å². The van der Waals surface area contributed by atoms with Crippen LogP contribution in [0, 0.1) is 0 Å². The minimum absolute atomic E-state index is 0.591. The van der Waals surface area contributed by atoms with Crippen LogP contribution in [0.25, 0.3) is 0 Å². The van der Waals surface area contributed by atoms with E-state index in [2.05, 4.69) is 4.98 Å². The molecule has 2 heterocycles. The number of nitrogens with zero attached hydrogens (tertiary/aromatic N) is 2. The maximum absolute atomic E-state index is 10.8. The molecule has 2 aromatic rings. The number of aromatic nitrogens is 2. The van der Waals surface area contributed by atoms with Crippen LogP contribution in [0.3, 0.4) is 0 Å². The molecule has 0 radical (unpaired) electrons. The summed E-state index contributed by atoms with van der Waals surface area (Å²) in [6, 6.07) is 5.94. The van der Waals surface area contributed by atoms with Crippen molar-refractivity contribution in [3.05, 3.63) is 42.0 Å². The summed E-state index contributed by atoms with van der Waals surface area (Å²) in [5, 5.41) is 0. The van der Waals surface area contributed by atoms with Crippen molar-refractivity contribution in [1.82, 2.24) is 9.55 Å². The van der Waals surface area contributed by atoms with E-state index in [1.807, 2.05) is 22.8 Å². The van der Waals surface area contributed by atoms with E-state index in [9.17, 15) is 4.79 Å². The van der Waals surface area contributed by atoms with Gasteiger partial charge in [-0.3, -0.25) is 4.79 Å². The second-order valence-electron chi connectivity index (χ2n) is 4.36. The largest absolute Gasteiger partial charge is 0.486 e. The predicted molar refractivity (Wildman–Crippen MR) is 68.8 cm³/mol. The summed E-state index contributed by atoms with van der Waals surface area (Å²) >= 11 is 0. The van der Waals surface area contributed by atoms with Crippen LogP contribution in [0.1, 0.15) is 16.1 Å². The van der Waals surface area contributed by atoms with Crippen LogP contribution in [0.15, 0.2) is 30.7 Å². The molecule has 0 amide bonds. The van der Waals surface area contributed by atoms with E-state index in [1.54, 1.807) is 12.5 Å². The number of carbonyl (C=O) groups excluding carboxylic acids is 1. The smallest absolute Gasteiger partial charge is 0.168 e. The zero-order valence-electron chi connectivity index (χ0n) is 10.4. The number of aldehydes is 1. The first-order valence-electron chi connectivity index (χ1n) is 6.20. The van der Waals surface area contributed by atoms with Crippen LogP contribution < -0.4 is 9.47 Å². The van der Waals surface area contributed by atoms with Crippen molar-refractivity contribution >= 4 is 6.29 Å². The molecular weight excluding hydrogens is 244 g/mol. The lowest BCUT2D eigenvalue weighted by molar-refractivity contribution is 0.111. The molecule has 19 heavy (non-hydrogen) atoms. The van der Waals surface area contributed by atoms with Crippen molar-refractivity contribution < 1.29 is 14.3 Å². The van der Waals surface area contributed by atoms with E-state index in [4.69, 9.17) is 9.47 Å². The zero-order valence-corrected chi connectivity index (χ0v) is 10.4. The molecule has 0 saturated heterocycles. The highest BCUT2D eigenvalue weighted by molar-refractivity contribution is 5.71. The summed E-state index contributed by atoms with van der Waals surface area (Å²) in [6.45, 7) is 1.91. The second kappa shape index (κ2) is 5.14. The van der Waals surface area contributed by atoms with Gasteiger partial charge in [0.2, 0.25) is 0 Å². The molecule has 5 nitrogen and oxygen atoms in total. The normalized spacial score (nSPS) is 13.3. The Balaban J connectivity index is 1.72. The number of hydrogen-bond donors (Lipinski definition) is 0. The molecular formula is C14H14N2O3. The minimum atomic E-state index is 0.591. The molecule has 0 bridgehead atoms. The first-order chi connectivity index (χ1) is 9.36. The summed E-state index contributed by atoms with van der Waals surface area (Å²) in [4.78, 5) is 14.8. The van der Waals surface area contributed by atoms with Crippen molar-refractivity contribution in [2.45, 2.75) is 13.0 Å². The van der Waals surface area contributed by atoms with Crippen molar-refractivity contribution in [1.29, 1.82) is 0 Å². The predicted octanol–water partition coefficient (Wildman–Crippen LogP) is 1.71. The number of rotatable bonds is 4. The third kappa shape index (κ3) is 2.45. The third-order valence-electron chi connectivity index (χ3n) is 3.11.